The smallest absolute Gasteiger partial charge is 0.0554 e. The molecule has 10 aromatic rings. The molecule has 0 aliphatic heterocycles. The van der Waals surface area contributed by atoms with Gasteiger partial charge >= 0.3 is 0 Å². The number of anilines is 3. The van der Waals surface area contributed by atoms with Crippen molar-refractivity contribution < 1.29 is 0 Å². The van der Waals surface area contributed by atoms with Crippen LogP contribution >= 0.6 is 11.3 Å². The van der Waals surface area contributed by atoms with E-state index in [0.29, 0.717) is 0 Å². The molecule has 0 atom stereocenters. The molecule has 2 aliphatic rings. The number of benzene rings is 9. The minimum atomic E-state index is 1.12. The molecule has 1 heterocycles. The van der Waals surface area contributed by atoms with Crippen LogP contribution < -0.4 is 4.90 Å². The Labute approximate surface area is 330 Å². The molecule has 0 amide bonds. The fourth-order valence-electron chi connectivity index (χ4n) is 9.29. The van der Waals surface area contributed by atoms with Gasteiger partial charge in [0.25, 0.3) is 0 Å². The number of rotatable bonds is 5. The molecule has 0 spiro atoms. The summed E-state index contributed by atoms with van der Waals surface area (Å²) < 4.78 is 2.60. The van der Waals surface area contributed by atoms with Gasteiger partial charge in [-0.3, -0.25) is 0 Å². The maximum Gasteiger partial charge on any atom is 0.0554 e. The van der Waals surface area contributed by atoms with Crippen molar-refractivity contribution in [3.05, 3.63) is 200 Å². The van der Waals surface area contributed by atoms with E-state index in [1.807, 2.05) is 11.3 Å². The molecule has 1 nitrogen and oxygen atoms in total. The number of hydrogen-bond acceptors (Lipinski definition) is 2. The zero-order chi connectivity index (χ0) is 36.7. The summed E-state index contributed by atoms with van der Waals surface area (Å²) in [6, 6.07) is 74.0. The van der Waals surface area contributed by atoms with Gasteiger partial charge in [-0.1, -0.05) is 152 Å². The molecule has 260 valence electrons. The highest BCUT2D eigenvalue weighted by atomic mass is 32.1. The Morgan fingerprint density at radius 1 is 0.304 bits per heavy atom. The van der Waals surface area contributed by atoms with E-state index in [0.717, 1.165) is 11.4 Å². The third-order valence-electron chi connectivity index (χ3n) is 11.8. The van der Waals surface area contributed by atoms with Crippen molar-refractivity contribution in [2.75, 3.05) is 4.90 Å². The standard InChI is InChI=1S/C54H33NS/c1-2-11-34(12-3-1)35-23-28-38(29-24-35)55(49-20-10-22-51-54(49)47-15-6-7-21-50(47)56-51)39-30-25-36(26-31-39)37-27-32-41-44-17-9-18-45-46-19-8-16-43(53(46)48(41)33-37)40-13-4-5-14-42(40)52(44)45/h1-33H. The van der Waals surface area contributed by atoms with E-state index in [1.54, 1.807) is 0 Å². The Balaban J connectivity index is 1.00. The van der Waals surface area contributed by atoms with Crippen molar-refractivity contribution >= 4 is 48.6 Å². The van der Waals surface area contributed by atoms with Crippen LogP contribution in [0, 0.1) is 0 Å². The van der Waals surface area contributed by atoms with Crippen LogP contribution in [0.3, 0.4) is 0 Å². The third-order valence-corrected chi connectivity index (χ3v) is 12.9. The van der Waals surface area contributed by atoms with Gasteiger partial charge in [-0.15, -0.1) is 11.3 Å². The SMILES string of the molecule is c1ccc(-c2ccc(N(c3ccc(-c4ccc5c(c4)-c4c6cccc4-c4cccc-5c4-c4ccccc4-6)cc3)c3cccc4sc5ccccc5c34)cc2)cc1. The van der Waals surface area contributed by atoms with Gasteiger partial charge in [-0.2, -0.15) is 0 Å². The summed E-state index contributed by atoms with van der Waals surface area (Å²) in [6.07, 6.45) is 0. The second-order valence-electron chi connectivity index (χ2n) is 14.8. The van der Waals surface area contributed by atoms with E-state index in [9.17, 15) is 0 Å². The third kappa shape index (κ3) is 4.67. The molecule has 0 saturated carbocycles. The molecule has 1 aromatic heterocycles. The average Bonchev–Trinajstić information content (AvgIpc) is 3.61. The maximum atomic E-state index is 2.43. The predicted octanol–water partition coefficient (Wildman–Crippen LogP) is 15.8. The molecule has 2 aliphatic carbocycles. The van der Waals surface area contributed by atoms with Gasteiger partial charge in [0, 0.05) is 31.5 Å². The molecule has 0 fully saturated rings. The lowest BCUT2D eigenvalue weighted by Gasteiger charge is -2.27. The Morgan fingerprint density at radius 3 is 1.50 bits per heavy atom. The summed E-state index contributed by atoms with van der Waals surface area (Å²) in [6.45, 7) is 0. The van der Waals surface area contributed by atoms with E-state index >= 15 is 0 Å². The summed E-state index contributed by atoms with van der Waals surface area (Å²) in [7, 11) is 0. The quantitative estimate of drug-likeness (QED) is 0.171. The Bertz CT molecular complexity index is 3150. The fourth-order valence-corrected chi connectivity index (χ4v) is 10.4. The Kier molecular flexibility index (Phi) is 6.87. The number of nitrogens with zero attached hydrogens (tertiary/aromatic N) is 1. The first-order valence-electron chi connectivity index (χ1n) is 19.3. The first-order chi connectivity index (χ1) is 27.8. The summed E-state index contributed by atoms with van der Waals surface area (Å²) in [5.41, 5.74) is 21.4. The van der Waals surface area contributed by atoms with Crippen LogP contribution in [-0.2, 0) is 0 Å². The van der Waals surface area contributed by atoms with E-state index in [2.05, 4.69) is 205 Å². The van der Waals surface area contributed by atoms with E-state index in [-0.39, 0.29) is 0 Å². The van der Waals surface area contributed by atoms with Crippen molar-refractivity contribution in [1.82, 2.24) is 0 Å². The predicted molar refractivity (Wildman–Crippen MR) is 239 cm³/mol. The van der Waals surface area contributed by atoms with Crippen molar-refractivity contribution in [2.45, 2.75) is 0 Å². The highest BCUT2D eigenvalue weighted by Crippen LogP contribution is 2.57. The monoisotopic (exact) mass is 727 g/mol. The second kappa shape index (κ2) is 12.3. The lowest BCUT2D eigenvalue weighted by molar-refractivity contribution is 1.30. The molecule has 0 unspecified atom stereocenters. The topological polar surface area (TPSA) is 3.24 Å². The van der Waals surface area contributed by atoms with Crippen molar-refractivity contribution in [1.29, 1.82) is 0 Å². The number of thiophene rings is 1. The van der Waals surface area contributed by atoms with Crippen LogP contribution in [0.4, 0.5) is 17.1 Å². The first kappa shape index (κ1) is 31.4. The van der Waals surface area contributed by atoms with E-state index in [1.165, 1.54) is 104 Å². The zero-order valence-electron chi connectivity index (χ0n) is 30.4. The normalized spacial score (nSPS) is 11.9. The van der Waals surface area contributed by atoms with Gasteiger partial charge in [-0.05, 0) is 126 Å². The molecule has 0 N–H and O–H groups in total. The van der Waals surface area contributed by atoms with Gasteiger partial charge in [-0.25, -0.2) is 0 Å². The molecular weight excluding hydrogens is 695 g/mol. The number of hydrogen-bond donors (Lipinski definition) is 0. The Morgan fingerprint density at radius 2 is 0.786 bits per heavy atom. The van der Waals surface area contributed by atoms with Crippen LogP contribution in [0.2, 0.25) is 0 Å². The van der Waals surface area contributed by atoms with Gasteiger partial charge < -0.3 is 4.90 Å². The molecular formula is C54H33NS. The average molecular weight is 728 g/mol. The van der Waals surface area contributed by atoms with Crippen LogP contribution in [0.15, 0.2) is 200 Å². The summed E-state index contributed by atoms with van der Waals surface area (Å²) in [5, 5.41) is 2.58. The van der Waals surface area contributed by atoms with Crippen LogP contribution in [0.5, 0.6) is 0 Å². The molecule has 0 radical (unpaired) electrons. The van der Waals surface area contributed by atoms with Gasteiger partial charge in [0.1, 0.15) is 0 Å². The molecule has 56 heavy (non-hydrogen) atoms. The number of fused-ring (bicyclic) bond motifs is 7. The molecule has 0 saturated heterocycles. The maximum absolute atomic E-state index is 2.43. The molecule has 2 heteroatoms. The fraction of sp³-hybridized carbons (Fsp3) is 0. The van der Waals surface area contributed by atoms with E-state index < -0.39 is 0 Å². The summed E-state index contributed by atoms with van der Waals surface area (Å²) >= 11 is 1.86. The van der Waals surface area contributed by atoms with Gasteiger partial charge in [0.2, 0.25) is 0 Å². The lowest BCUT2D eigenvalue weighted by Crippen LogP contribution is -2.10. The zero-order valence-corrected chi connectivity index (χ0v) is 31.2. The van der Waals surface area contributed by atoms with Crippen LogP contribution in [0.1, 0.15) is 0 Å². The van der Waals surface area contributed by atoms with Gasteiger partial charge in [0.05, 0.1) is 5.69 Å². The highest BCUT2D eigenvalue weighted by molar-refractivity contribution is 7.26. The van der Waals surface area contributed by atoms with Crippen molar-refractivity contribution in [2.24, 2.45) is 0 Å². The second-order valence-corrected chi connectivity index (χ2v) is 15.9. The largest absolute Gasteiger partial charge is 0.310 e. The molecule has 6 bridgehead atoms. The molecule has 9 aromatic carbocycles. The summed E-state index contributed by atoms with van der Waals surface area (Å²) in [5.74, 6) is 0. The summed E-state index contributed by atoms with van der Waals surface area (Å²) in [4.78, 5) is 2.43. The Hall–Kier alpha value is -7.00. The molecule has 12 rings (SSSR count). The minimum absolute atomic E-state index is 1.12. The van der Waals surface area contributed by atoms with E-state index in [4.69, 9.17) is 0 Å². The van der Waals surface area contributed by atoms with Crippen molar-refractivity contribution in [3.63, 3.8) is 0 Å². The first-order valence-corrected chi connectivity index (χ1v) is 20.1. The van der Waals surface area contributed by atoms with Gasteiger partial charge in [0.15, 0.2) is 0 Å². The minimum Gasteiger partial charge on any atom is -0.310 e. The lowest BCUT2D eigenvalue weighted by atomic mass is 9.83. The van der Waals surface area contributed by atoms with Crippen LogP contribution in [0.25, 0.3) is 98.1 Å². The highest BCUT2D eigenvalue weighted by Gasteiger charge is 2.30. The van der Waals surface area contributed by atoms with Crippen LogP contribution in [-0.4, -0.2) is 0 Å². The van der Waals surface area contributed by atoms with Crippen molar-refractivity contribution in [3.8, 4) is 77.9 Å².